The third-order valence-electron chi connectivity index (χ3n) is 2.43. The van der Waals surface area contributed by atoms with Gasteiger partial charge in [-0.1, -0.05) is 12.1 Å². The van der Waals surface area contributed by atoms with Crippen LogP contribution in [0.1, 0.15) is 0 Å². The summed E-state index contributed by atoms with van der Waals surface area (Å²) in [6.07, 6.45) is 1.79. The van der Waals surface area contributed by atoms with E-state index in [2.05, 4.69) is 15.4 Å². The number of hydrogen-bond donors (Lipinski definition) is 1. The maximum absolute atomic E-state index is 5.67. The Balaban J connectivity index is 2.18. The smallest absolute Gasteiger partial charge is 0.107 e. The minimum atomic E-state index is 0.737. The molecule has 0 unspecified atom stereocenters. The minimum Gasteiger partial charge on any atom is -0.389 e. The van der Waals surface area contributed by atoms with Crippen molar-refractivity contribution in [3.63, 3.8) is 0 Å². The molecule has 0 aliphatic rings. The quantitative estimate of drug-likeness (QED) is 0.695. The van der Waals surface area contributed by atoms with Crippen molar-refractivity contribution in [1.29, 1.82) is 0 Å². The number of rotatable bonds is 1. The first-order chi connectivity index (χ1) is 7.83. The van der Waals surface area contributed by atoms with Crippen LogP contribution in [0.15, 0.2) is 42.6 Å². The van der Waals surface area contributed by atoms with Crippen LogP contribution in [0.25, 0.3) is 22.2 Å². The van der Waals surface area contributed by atoms with Crippen LogP contribution in [-0.2, 0) is 0 Å². The standard InChI is InChI=1S/C12H9N3S/c13-12-7-11(15-16-12)9-3-4-10-8(6-9)2-1-5-14-10/h1-7H,13H2. The Labute approximate surface area is 96.7 Å². The number of hydrogen-bond acceptors (Lipinski definition) is 4. The van der Waals surface area contributed by atoms with Gasteiger partial charge in [-0.25, -0.2) is 0 Å². The van der Waals surface area contributed by atoms with E-state index in [1.807, 2.05) is 30.3 Å². The summed E-state index contributed by atoms with van der Waals surface area (Å²) in [5, 5.41) is 1.85. The highest BCUT2D eigenvalue weighted by Gasteiger charge is 2.03. The van der Waals surface area contributed by atoms with E-state index in [1.165, 1.54) is 11.5 Å². The Hall–Kier alpha value is -1.94. The molecule has 3 aromatic rings. The molecule has 0 amide bonds. The number of benzene rings is 1. The molecule has 2 N–H and O–H groups in total. The number of anilines is 1. The number of nitrogens with two attached hydrogens (primary N) is 1. The molecule has 0 aliphatic heterocycles. The first-order valence-electron chi connectivity index (χ1n) is 4.90. The molecule has 1 aromatic carbocycles. The minimum absolute atomic E-state index is 0.737. The lowest BCUT2D eigenvalue weighted by Crippen LogP contribution is -1.80. The lowest BCUT2D eigenvalue weighted by atomic mass is 10.1. The second-order valence-corrected chi connectivity index (χ2v) is 4.36. The van der Waals surface area contributed by atoms with E-state index in [1.54, 1.807) is 6.20 Å². The fourth-order valence-corrected chi connectivity index (χ4v) is 2.19. The van der Waals surface area contributed by atoms with Crippen LogP contribution in [-0.4, -0.2) is 9.36 Å². The van der Waals surface area contributed by atoms with Crippen molar-refractivity contribution in [3.05, 3.63) is 42.6 Å². The molecule has 0 atom stereocenters. The second kappa shape index (κ2) is 3.57. The Kier molecular flexibility index (Phi) is 2.08. The van der Waals surface area contributed by atoms with Gasteiger partial charge in [-0.15, -0.1) is 0 Å². The van der Waals surface area contributed by atoms with Gasteiger partial charge in [0.1, 0.15) is 5.00 Å². The van der Waals surface area contributed by atoms with Gasteiger partial charge in [0.05, 0.1) is 11.2 Å². The molecule has 4 heteroatoms. The molecule has 0 bridgehead atoms. The third-order valence-corrected chi connectivity index (χ3v) is 3.04. The zero-order valence-electron chi connectivity index (χ0n) is 8.42. The van der Waals surface area contributed by atoms with Crippen LogP contribution in [0, 0.1) is 0 Å². The van der Waals surface area contributed by atoms with Crippen molar-refractivity contribution in [2.24, 2.45) is 0 Å². The molecule has 78 valence electrons. The summed E-state index contributed by atoms with van der Waals surface area (Å²) < 4.78 is 4.29. The molecule has 3 nitrogen and oxygen atoms in total. The van der Waals surface area contributed by atoms with Crippen molar-refractivity contribution in [2.45, 2.75) is 0 Å². The average Bonchev–Trinajstić information content (AvgIpc) is 2.75. The maximum atomic E-state index is 5.67. The van der Waals surface area contributed by atoms with Gasteiger partial charge in [0.15, 0.2) is 0 Å². The summed E-state index contributed by atoms with van der Waals surface area (Å²) in [5.41, 5.74) is 8.67. The van der Waals surface area contributed by atoms with Crippen LogP contribution in [0.5, 0.6) is 0 Å². The van der Waals surface area contributed by atoms with Gasteiger partial charge < -0.3 is 5.73 Å². The Bertz CT molecular complexity index is 645. The molecule has 0 fully saturated rings. The number of nitrogens with zero attached hydrogens (tertiary/aromatic N) is 2. The lowest BCUT2D eigenvalue weighted by Gasteiger charge is -1.99. The predicted octanol–water partition coefficient (Wildman–Crippen LogP) is 2.94. The van der Waals surface area contributed by atoms with E-state index in [4.69, 9.17) is 5.73 Å². The van der Waals surface area contributed by atoms with Crippen LogP contribution in [0.4, 0.5) is 5.00 Å². The summed E-state index contributed by atoms with van der Waals surface area (Å²) >= 11 is 1.32. The predicted molar refractivity (Wildman–Crippen MR) is 67.3 cm³/mol. The molecular weight excluding hydrogens is 218 g/mol. The van der Waals surface area contributed by atoms with E-state index in [9.17, 15) is 0 Å². The zero-order valence-corrected chi connectivity index (χ0v) is 9.24. The molecule has 0 spiro atoms. The molecule has 0 radical (unpaired) electrons. The number of aromatic nitrogens is 2. The van der Waals surface area contributed by atoms with Crippen molar-refractivity contribution in [1.82, 2.24) is 9.36 Å². The van der Waals surface area contributed by atoms with Crippen LogP contribution in [0.3, 0.4) is 0 Å². The first kappa shape index (κ1) is 9.30. The highest BCUT2D eigenvalue weighted by Crippen LogP contribution is 2.25. The molecule has 2 heterocycles. The third kappa shape index (κ3) is 1.53. The van der Waals surface area contributed by atoms with E-state index in [-0.39, 0.29) is 0 Å². The molecule has 3 rings (SSSR count). The summed E-state index contributed by atoms with van der Waals surface area (Å²) in [7, 11) is 0. The Morgan fingerprint density at radius 2 is 2.06 bits per heavy atom. The monoisotopic (exact) mass is 227 g/mol. The second-order valence-electron chi connectivity index (χ2n) is 3.53. The van der Waals surface area contributed by atoms with Crippen LogP contribution in [0.2, 0.25) is 0 Å². The molecule has 16 heavy (non-hydrogen) atoms. The largest absolute Gasteiger partial charge is 0.389 e. The van der Waals surface area contributed by atoms with Gasteiger partial charge in [-0.2, -0.15) is 4.37 Å². The fraction of sp³-hybridized carbons (Fsp3) is 0. The highest BCUT2D eigenvalue weighted by molar-refractivity contribution is 7.10. The van der Waals surface area contributed by atoms with E-state index < -0.39 is 0 Å². The van der Waals surface area contributed by atoms with Gasteiger partial charge in [0.2, 0.25) is 0 Å². The average molecular weight is 227 g/mol. The number of pyridine rings is 1. The zero-order chi connectivity index (χ0) is 11.0. The SMILES string of the molecule is Nc1cc(-c2ccc3ncccc3c2)ns1. The van der Waals surface area contributed by atoms with Gasteiger partial charge in [-0.05, 0) is 29.7 Å². The molecule has 0 saturated carbocycles. The highest BCUT2D eigenvalue weighted by atomic mass is 32.1. The first-order valence-corrected chi connectivity index (χ1v) is 5.67. The summed E-state index contributed by atoms with van der Waals surface area (Å²) in [6.45, 7) is 0. The van der Waals surface area contributed by atoms with E-state index in [0.29, 0.717) is 0 Å². The fourth-order valence-electron chi connectivity index (χ4n) is 1.66. The Morgan fingerprint density at radius 3 is 2.88 bits per heavy atom. The van der Waals surface area contributed by atoms with Crippen molar-refractivity contribution in [3.8, 4) is 11.3 Å². The summed E-state index contributed by atoms with van der Waals surface area (Å²) in [6, 6.07) is 12.0. The van der Waals surface area contributed by atoms with E-state index in [0.717, 1.165) is 27.2 Å². The summed E-state index contributed by atoms with van der Waals surface area (Å²) in [5.74, 6) is 0. The molecule has 0 saturated heterocycles. The van der Waals surface area contributed by atoms with Crippen molar-refractivity contribution >= 4 is 27.4 Å². The van der Waals surface area contributed by atoms with Gasteiger partial charge in [0, 0.05) is 23.2 Å². The molecule has 0 aliphatic carbocycles. The summed E-state index contributed by atoms with van der Waals surface area (Å²) in [4.78, 5) is 4.28. The van der Waals surface area contributed by atoms with Crippen LogP contribution >= 0.6 is 11.5 Å². The van der Waals surface area contributed by atoms with E-state index >= 15 is 0 Å². The normalized spacial score (nSPS) is 10.8. The topological polar surface area (TPSA) is 51.8 Å². The van der Waals surface area contributed by atoms with Gasteiger partial charge in [-0.3, -0.25) is 4.98 Å². The van der Waals surface area contributed by atoms with Gasteiger partial charge in [0.25, 0.3) is 0 Å². The van der Waals surface area contributed by atoms with Crippen LogP contribution < -0.4 is 5.73 Å². The number of fused-ring (bicyclic) bond motifs is 1. The van der Waals surface area contributed by atoms with Gasteiger partial charge >= 0.3 is 0 Å². The molecule has 2 aromatic heterocycles. The maximum Gasteiger partial charge on any atom is 0.107 e. The lowest BCUT2D eigenvalue weighted by molar-refractivity contribution is 1.41. The molecular formula is C12H9N3S. The van der Waals surface area contributed by atoms with Crippen molar-refractivity contribution in [2.75, 3.05) is 5.73 Å². The number of nitrogen functional groups attached to an aromatic ring is 1. The van der Waals surface area contributed by atoms with Crippen molar-refractivity contribution < 1.29 is 0 Å². The Morgan fingerprint density at radius 1 is 1.12 bits per heavy atom.